The second-order valence-corrected chi connectivity index (χ2v) is 24.4. The third-order valence-electron chi connectivity index (χ3n) is 14.9. The zero-order valence-corrected chi connectivity index (χ0v) is 55.6. The molecule has 5 aromatic carbocycles. The topological polar surface area (TPSA) is 409 Å². The minimum absolute atomic E-state index is 0.0230. The second kappa shape index (κ2) is 35.2. The van der Waals surface area contributed by atoms with E-state index in [-0.39, 0.29) is 5.84 Å². The summed E-state index contributed by atoms with van der Waals surface area (Å²) in [5.74, 6) is 1.25. The van der Waals surface area contributed by atoms with E-state index in [2.05, 4.69) is 75.3 Å². The van der Waals surface area contributed by atoms with Crippen molar-refractivity contribution < 1.29 is 103 Å². The van der Waals surface area contributed by atoms with Gasteiger partial charge in [-0.05, 0) is 69.4 Å². The van der Waals surface area contributed by atoms with E-state index in [1.807, 2.05) is 0 Å². The predicted octanol–water partition coefficient (Wildman–Crippen LogP) is 11.2. The maximum atomic E-state index is 13.6. The number of nitrogens with two attached hydrogens (primary N) is 1. The van der Waals surface area contributed by atoms with Gasteiger partial charge in [-0.1, -0.05) is 142 Å². The van der Waals surface area contributed by atoms with E-state index in [9.17, 15) is 55.8 Å². The molecule has 0 aliphatic carbocycles. The van der Waals surface area contributed by atoms with E-state index in [4.69, 9.17) is 45.9 Å². The van der Waals surface area contributed by atoms with Gasteiger partial charge in [0.1, 0.15) is 74.8 Å². The number of benzene rings is 5. The van der Waals surface area contributed by atoms with Gasteiger partial charge in [0.05, 0.1) is 12.6 Å². The Kier molecular flexibility index (Phi) is 26.1. The third kappa shape index (κ3) is 20.7. The predicted molar refractivity (Wildman–Crippen MR) is 348 cm³/mol. The molecule has 7 heterocycles. The van der Waals surface area contributed by atoms with Crippen molar-refractivity contribution in [2.24, 2.45) is 10.9 Å². The number of imide groups is 1. The average molecular weight is 1440 g/mol. The van der Waals surface area contributed by atoms with Crippen LogP contribution in [0.5, 0.6) is 0 Å². The first-order valence-electron chi connectivity index (χ1n) is 31.0. The SMILES string of the molecule is CC(C)(C)OC(=O)N1C(=O)O[C@H](c2ccc(-c3ncon3)cc2)[C@H]1CF.CC(C)(C)OC(=O)N[C@H](CF)[C@H](O)c1ccc(-c2ncon2)cc1.NC(=NO)c1ccc([C@H]2OC(=O)N[C@@H]2CF)cc1.O=C1N[C@H](CF)[C@@H](c2ccc(-c3ncon3)cc2)O1.[C-]#[N+]c1ccc([C@H]2OC(=O)N[C@@H]2CF)cc1. The molecule has 10 atom stereocenters. The van der Waals surface area contributed by atoms with Crippen LogP contribution in [0.3, 0.4) is 0 Å². The molecule has 12 rings (SSSR count). The lowest BCUT2D eigenvalue weighted by Gasteiger charge is -2.25. The van der Waals surface area contributed by atoms with Crippen LogP contribution in [0.25, 0.3) is 39.0 Å². The van der Waals surface area contributed by atoms with E-state index in [1.54, 1.807) is 163 Å². The average Bonchev–Trinajstić information content (AvgIpc) is 1.65. The Labute approximate surface area is 583 Å². The van der Waals surface area contributed by atoms with E-state index in [1.165, 1.54) is 19.2 Å². The number of aliphatic hydroxyl groups is 1. The number of alkyl carbamates (subject to hydrolysis) is 4. The first kappa shape index (κ1) is 76.5. The highest BCUT2D eigenvalue weighted by molar-refractivity contribution is 5.97. The van der Waals surface area contributed by atoms with Crippen molar-refractivity contribution in [3.63, 3.8) is 0 Å². The molecule has 36 heteroatoms. The van der Waals surface area contributed by atoms with Gasteiger partial charge >= 0.3 is 36.6 Å². The van der Waals surface area contributed by atoms with Crippen molar-refractivity contribution in [3.05, 3.63) is 185 Å². The highest BCUT2D eigenvalue weighted by atomic mass is 19.1. The zero-order chi connectivity index (χ0) is 74.5. The van der Waals surface area contributed by atoms with Gasteiger partial charge in [0.25, 0.3) is 0 Å². The number of amidine groups is 1. The molecule has 8 aromatic rings. The fourth-order valence-corrected chi connectivity index (χ4v) is 10.0. The van der Waals surface area contributed by atoms with Crippen LogP contribution in [0.4, 0.5) is 56.4 Å². The summed E-state index contributed by atoms with van der Waals surface area (Å²) >= 11 is 0. The number of cyclic esters (lactones) is 4. The molecule has 0 unspecified atom stereocenters. The van der Waals surface area contributed by atoms with E-state index in [0.29, 0.717) is 72.6 Å². The number of aliphatic hydroxyl groups excluding tert-OH is 1. The van der Waals surface area contributed by atoms with Crippen LogP contribution in [-0.2, 0) is 28.4 Å². The summed E-state index contributed by atoms with van der Waals surface area (Å²) in [6.07, 6.45) is -4.88. The Morgan fingerprint density at radius 3 is 1.30 bits per heavy atom. The van der Waals surface area contributed by atoms with Gasteiger partial charge in [-0.2, -0.15) is 15.0 Å². The number of oxime groups is 1. The van der Waals surface area contributed by atoms with Crippen LogP contribution in [-0.4, -0.2) is 163 Å². The molecule has 0 radical (unpaired) electrons. The third-order valence-corrected chi connectivity index (χ3v) is 14.9. The largest absolute Gasteiger partial charge is 0.444 e. The summed E-state index contributed by atoms with van der Waals surface area (Å²) in [6.45, 7) is 12.9. The number of hydrogen-bond donors (Lipinski definition) is 7. The quantitative estimate of drug-likeness (QED) is 0.00898. The Morgan fingerprint density at radius 2 is 0.961 bits per heavy atom. The first-order valence-corrected chi connectivity index (χ1v) is 31.0. The zero-order valence-electron chi connectivity index (χ0n) is 55.6. The number of nitrogens with zero attached hydrogens (tertiary/aromatic N) is 9. The van der Waals surface area contributed by atoms with Crippen LogP contribution >= 0.6 is 0 Å². The number of hydrogen-bond acceptors (Lipinski definition) is 24. The summed E-state index contributed by atoms with van der Waals surface area (Å²) in [7, 11) is 0. The molecule has 103 heavy (non-hydrogen) atoms. The van der Waals surface area contributed by atoms with Gasteiger partial charge in [0.2, 0.25) is 36.7 Å². The lowest BCUT2D eigenvalue weighted by Crippen LogP contribution is -2.43. The molecule has 544 valence electrons. The smallest absolute Gasteiger partial charge is 0.420 e. The number of nitrogens with one attached hydrogen (secondary N) is 4. The van der Waals surface area contributed by atoms with Crippen molar-refractivity contribution in [1.82, 2.24) is 56.6 Å². The number of amides is 6. The number of carbonyl (C=O) groups is 6. The number of ether oxygens (including phenoxy) is 6. The van der Waals surface area contributed by atoms with Crippen molar-refractivity contribution in [2.75, 3.05) is 33.4 Å². The fraction of sp³-hybridized carbons (Fsp3) is 0.343. The number of halogens is 5. The number of carbonyl (C=O) groups excluding carboxylic acids is 6. The molecule has 31 nitrogen and oxygen atoms in total. The number of rotatable bonds is 16. The molecular formula is C67H69F5N14O17. The minimum atomic E-state index is -1.22. The number of aromatic nitrogens is 6. The van der Waals surface area contributed by atoms with E-state index in [0.717, 1.165) is 5.56 Å². The first-order chi connectivity index (χ1) is 49.3. The fourth-order valence-electron chi connectivity index (χ4n) is 10.0. The molecule has 0 saturated carbocycles. The summed E-state index contributed by atoms with van der Waals surface area (Å²) in [5.41, 5.74) is 10.1. The minimum Gasteiger partial charge on any atom is -0.444 e. The maximum Gasteiger partial charge on any atom is 0.420 e. The van der Waals surface area contributed by atoms with Crippen LogP contribution in [0.2, 0.25) is 0 Å². The molecule has 0 spiro atoms. The molecule has 6 amide bonds. The molecule has 4 aliphatic rings. The molecule has 4 aliphatic heterocycles. The lowest BCUT2D eigenvalue weighted by atomic mass is 10.0. The van der Waals surface area contributed by atoms with E-state index >= 15 is 0 Å². The van der Waals surface area contributed by atoms with E-state index < -0.39 is 142 Å². The molecule has 3 aromatic heterocycles. The molecule has 0 bridgehead atoms. The van der Waals surface area contributed by atoms with Crippen LogP contribution < -0.4 is 27.0 Å². The molecule has 8 N–H and O–H groups in total. The van der Waals surface area contributed by atoms with Gasteiger partial charge in [-0.15, -0.1) is 0 Å². The van der Waals surface area contributed by atoms with Gasteiger partial charge in [-0.25, -0.2) is 60.5 Å². The van der Waals surface area contributed by atoms with Gasteiger partial charge in [0, 0.05) is 22.3 Å². The van der Waals surface area contributed by atoms with Crippen molar-refractivity contribution in [1.29, 1.82) is 0 Å². The Bertz CT molecular complexity index is 4150. The van der Waals surface area contributed by atoms with Crippen LogP contribution in [0, 0.1) is 6.57 Å². The Balaban J connectivity index is 0.000000165. The van der Waals surface area contributed by atoms with Crippen molar-refractivity contribution >= 4 is 48.1 Å². The van der Waals surface area contributed by atoms with Gasteiger partial charge in [-0.3, -0.25) is 0 Å². The van der Waals surface area contributed by atoms with Crippen molar-refractivity contribution in [3.8, 4) is 34.2 Å². The normalized spacial score (nSPS) is 20.2. The van der Waals surface area contributed by atoms with Gasteiger partial charge in [0.15, 0.2) is 35.9 Å². The molecule has 4 fully saturated rings. The van der Waals surface area contributed by atoms with Crippen LogP contribution in [0.1, 0.15) is 105 Å². The lowest BCUT2D eigenvalue weighted by molar-refractivity contribution is 0.0268. The second-order valence-electron chi connectivity index (χ2n) is 24.4. The van der Waals surface area contributed by atoms with Gasteiger partial charge < -0.3 is 79.3 Å². The van der Waals surface area contributed by atoms with Crippen molar-refractivity contribution in [2.45, 2.75) is 113 Å². The monoisotopic (exact) mass is 1440 g/mol. The maximum absolute atomic E-state index is 13.6. The summed E-state index contributed by atoms with van der Waals surface area (Å²) in [4.78, 5) is 84.9. The number of alkyl halides is 5. The Morgan fingerprint density at radius 1 is 0.583 bits per heavy atom. The summed E-state index contributed by atoms with van der Waals surface area (Å²) in [6, 6.07) is 29.1. The summed E-state index contributed by atoms with van der Waals surface area (Å²) < 4.78 is 109. The standard InChI is InChI=1S/C17H18FN3O5.C16H20FN3O4.C12H10FN3O3.C11H12FN3O3.C11H9FN2O2/c1-17(2,3)26-16(23)21-12(8-18)13(25-15(21)22)10-4-6-11(7-5-10)14-19-9-24-20-14;1-16(2,3)24-15(22)19-12(8-17)13(21)10-4-6-11(7-5-10)14-18-9-23-20-14;13-5-9-10(19-12(17)15-9)7-1-3-8(4-2-7)11-14-6-18-16-11;12-5-8-9(18-11(16)14-8)6-1-3-7(4-2-6)10(13)15-17;1-13-8-4-2-7(3-5-8)10-9(6-12)14-11(15)16-10/h4-7,9,12-13H,8H2,1-3H3;4-7,9,12-13,21H,8H2,1-3H3,(H,19,22);1-4,6,9-10H,5H2,(H,15,17);1-4,8-9,17H,5H2,(H2,13,15)(H,14,16);2-5,9-10H,6H2,(H,14,15)/t2*12-,13-;9-,10-;8-,9-;9-,10-/m11111/s1. The highest BCUT2D eigenvalue weighted by Gasteiger charge is 2.48. The molecule has 4 saturated heterocycles. The highest BCUT2D eigenvalue weighted by Crippen LogP contribution is 2.36. The molecular weight excluding hydrogens is 1370 g/mol. The summed E-state index contributed by atoms with van der Waals surface area (Å²) in [5, 5.41) is 42.3. The van der Waals surface area contributed by atoms with Crippen LogP contribution in [0.15, 0.2) is 159 Å². The Hall–Kier alpha value is -12.3.